The summed E-state index contributed by atoms with van der Waals surface area (Å²) in [4.78, 5) is 23.5. The number of para-hydroxylation sites is 1. The molecule has 0 fully saturated rings. The Morgan fingerprint density at radius 2 is 1.70 bits per heavy atom. The van der Waals surface area contributed by atoms with Gasteiger partial charge in [0.1, 0.15) is 9.71 Å². The van der Waals surface area contributed by atoms with Gasteiger partial charge in [-0.1, -0.05) is 48.5 Å². The zero-order valence-electron chi connectivity index (χ0n) is 16.2. The number of rotatable bonds is 3. The van der Waals surface area contributed by atoms with E-state index in [9.17, 15) is 4.79 Å². The second-order valence-electron chi connectivity index (χ2n) is 7.04. The minimum atomic E-state index is -0.243. The molecule has 0 bridgehead atoms. The van der Waals surface area contributed by atoms with Gasteiger partial charge in [-0.15, -0.1) is 11.3 Å². The predicted octanol–water partition coefficient (Wildman–Crippen LogP) is 5.65. The van der Waals surface area contributed by atoms with Crippen molar-refractivity contribution in [1.29, 1.82) is 0 Å². The van der Waals surface area contributed by atoms with E-state index < -0.39 is 0 Å². The van der Waals surface area contributed by atoms with Gasteiger partial charge in [-0.05, 0) is 31.2 Å². The number of amides is 1. The molecule has 6 heteroatoms. The Kier molecular flexibility index (Phi) is 4.41. The van der Waals surface area contributed by atoms with Crippen molar-refractivity contribution in [2.24, 2.45) is 0 Å². The summed E-state index contributed by atoms with van der Waals surface area (Å²) < 4.78 is 0. The monoisotopic (exact) mass is 410 g/mol. The molecule has 3 N–H and O–H groups in total. The van der Waals surface area contributed by atoms with Crippen LogP contribution in [0.25, 0.3) is 32.4 Å². The topological polar surface area (TPSA) is 80.9 Å². The molecule has 0 aliphatic carbocycles. The van der Waals surface area contributed by atoms with E-state index in [4.69, 9.17) is 10.7 Å². The third-order valence-corrected chi connectivity index (χ3v) is 6.08. The van der Waals surface area contributed by atoms with Gasteiger partial charge in [0.05, 0.1) is 22.6 Å². The van der Waals surface area contributed by atoms with Crippen LogP contribution in [-0.4, -0.2) is 15.9 Å². The zero-order valence-corrected chi connectivity index (χ0v) is 17.0. The zero-order chi connectivity index (χ0) is 20.7. The molecule has 3 aromatic heterocycles. The number of carbonyl (C=O) groups excluding carboxylic acids is 1. The second-order valence-corrected chi connectivity index (χ2v) is 8.04. The number of nitrogens with zero attached hydrogens (tertiary/aromatic N) is 2. The lowest BCUT2D eigenvalue weighted by Gasteiger charge is -2.09. The molecule has 0 unspecified atom stereocenters. The van der Waals surface area contributed by atoms with Crippen LogP contribution in [0, 0.1) is 6.92 Å². The lowest BCUT2D eigenvalue weighted by Crippen LogP contribution is -2.12. The maximum absolute atomic E-state index is 13.1. The van der Waals surface area contributed by atoms with Gasteiger partial charge in [0.15, 0.2) is 0 Å². The van der Waals surface area contributed by atoms with Crippen molar-refractivity contribution in [3.05, 3.63) is 83.4 Å². The standard InChI is InChI=1S/C24H18N4OS/c1-14-13-20(16-9-5-6-10-19(16)26-14)27-23(29)22-21(25)17-11-12-18(28-24(17)30-22)15-7-3-2-4-8-15/h2-13H,25H2,1H3,(H,26,27,29). The smallest absolute Gasteiger partial charge is 0.267 e. The van der Waals surface area contributed by atoms with E-state index in [0.717, 1.165) is 43.8 Å². The van der Waals surface area contributed by atoms with Gasteiger partial charge in [0, 0.05) is 22.0 Å². The van der Waals surface area contributed by atoms with Crippen LogP contribution in [-0.2, 0) is 0 Å². The molecule has 5 aromatic rings. The largest absolute Gasteiger partial charge is 0.397 e. The third kappa shape index (κ3) is 3.17. The molecule has 30 heavy (non-hydrogen) atoms. The SMILES string of the molecule is Cc1cc(NC(=O)c2sc3nc(-c4ccccc4)ccc3c2N)c2ccccc2n1. The fourth-order valence-electron chi connectivity index (χ4n) is 3.53. The number of nitrogens with two attached hydrogens (primary N) is 1. The summed E-state index contributed by atoms with van der Waals surface area (Å²) in [5, 5.41) is 4.70. The first-order valence-corrected chi connectivity index (χ1v) is 10.3. The van der Waals surface area contributed by atoms with E-state index in [1.165, 1.54) is 11.3 Å². The van der Waals surface area contributed by atoms with Crippen LogP contribution in [0.2, 0.25) is 0 Å². The number of carbonyl (C=O) groups is 1. The van der Waals surface area contributed by atoms with Gasteiger partial charge in [0.25, 0.3) is 5.91 Å². The van der Waals surface area contributed by atoms with Crippen LogP contribution in [0.5, 0.6) is 0 Å². The molecule has 5 rings (SSSR count). The highest BCUT2D eigenvalue weighted by molar-refractivity contribution is 7.21. The summed E-state index contributed by atoms with van der Waals surface area (Å²) in [6.07, 6.45) is 0. The highest BCUT2D eigenvalue weighted by Crippen LogP contribution is 2.35. The predicted molar refractivity (Wildman–Crippen MR) is 124 cm³/mol. The van der Waals surface area contributed by atoms with E-state index in [1.54, 1.807) is 0 Å². The molecule has 5 nitrogen and oxygen atoms in total. The lowest BCUT2D eigenvalue weighted by atomic mass is 10.1. The average molecular weight is 411 g/mol. The third-order valence-electron chi connectivity index (χ3n) is 4.96. The van der Waals surface area contributed by atoms with Gasteiger partial charge in [0.2, 0.25) is 0 Å². The molecule has 0 aliphatic heterocycles. The Balaban J connectivity index is 1.53. The molecule has 2 aromatic carbocycles. The van der Waals surface area contributed by atoms with Crippen LogP contribution in [0.4, 0.5) is 11.4 Å². The molecule has 0 aliphatic rings. The number of thiophene rings is 1. The lowest BCUT2D eigenvalue weighted by molar-refractivity contribution is 0.103. The van der Waals surface area contributed by atoms with Crippen molar-refractivity contribution in [2.75, 3.05) is 11.1 Å². The average Bonchev–Trinajstić information content (AvgIpc) is 3.10. The first-order valence-electron chi connectivity index (χ1n) is 9.52. The minimum absolute atomic E-state index is 0.243. The summed E-state index contributed by atoms with van der Waals surface area (Å²) in [5.74, 6) is -0.243. The normalized spacial score (nSPS) is 11.1. The van der Waals surface area contributed by atoms with Crippen molar-refractivity contribution in [3.63, 3.8) is 0 Å². The van der Waals surface area contributed by atoms with E-state index >= 15 is 0 Å². The first kappa shape index (κ1) is 18.3. The van der Waals surface area contributed by atoms with Gasteiger partial charge >= 0.3 is 0 Å². The molecule has 0 saturated carbocycles. The summed E-state index contributed by atoms with van der Waals surface area (Å²) in [6.45, 7) is 1.91. The molecule has 3 heterocycles. The van der Waals surface area contributed by atoms with Gasteiger partial charge in [-0.3, -0.25) is 9.78 Å². The molecule has 0 spiro atoms. The summed E-state index contributed by atoms with van der Waals surface area (Å²) >= 11 is 1.31. The summed E-state index contributed by atoms with van der Waals surface area (Å²) in [5.41, 5.74) is 11.0. The Morgan fingerprint density at radius 3 is 2.53 bits per heavy atom. The van der Waals surface area contributed by atoms with Gasteiger partial charge in [-0.25, -0.2) is 4.98 Å². The van der Waals surface area contributed by atoms with Crippen LogP contribution in [0.3, 0.4) is 0 Å². The number of aromatic nitrogens is 2. The quantitative estimate of drug-likeness (QED) is 0.402. The molecule has 0 radical (unpaired) electrons. The fraction of sp³-hybridized carbons (Fsp3) is 0.0417. The fourth-order valence-corrected chi connectivity index (χ4v) is 4.51. The Labute approximate surface area is 177 Å². The van der Waals surface area contributed by atoms with Crippen molar-refractivity contribution in [2.45, 2.75) is 6.92 Å². The summed E-state index contributed by atoms with van der Waals surface area (Å²) in [6, 6.07) is 23.4. The summed E-state index contributed by atoms with van der Waals surface area (Å²) in [7, 11) is 0. The minimum Gasteiger partial charge on any atom is -0.397 e. The van der Waals surface area contributed by atoms with Crippen LogP contribution < -0.4 is 11.1 Å². The number of hydrogen-bond acceptors (Lipinski definition) is 5. The van der Waals surface area contributed by atoms with Gasteiger partial charge in [-0.2, -0.15) is 0 Å². The molecular formula is C24H18N4OS. The Bertz CT molecular complexity index is 1410. The number of aryl methyl sites for hydroxylation is 1. The van der Waals surface area contributed by atoms with E-state index in [2.05, 4.69) is 10.3 Å². The maximum Gasteiger partial charge on any atom is 0.267 e. The van der Waals surface area contributed by atoms with Crippen LogP contribution >= 0.6 is 11.3 Å². The van der Waals surface area contributed by atoms with E-state index in [-0.39, 0.29) is 5.91 Å². The number of benzene rings is 2. The number of anilines is 2. The number of nitrogens with one attached hydrogen (secondary N) is 1. The van der Waals surface area contributed by atoms with Crippen LogP contribution in [0.15, 0.2) is 72.8 Å². The Morgan fingerprint density at radius 1 is 0.933 bits per heavy atom. The molecular weight excluding hydrogens is 392 g/mol. The van der Waals surface area contributed by atoms with Crippen molar-refractivity contribution in [1.82, 2.24) is 9.97 Å². The maximum atomic E-state index is 13.1. The first-order chi connectivity index (χ1) is 14.6. The van der Waals surface area contributed by atoms with Crippen molar-refractivity contribution < 1.29 is 4.79 Å². The number of fused-ring (bicyclic) bond motifs is 2. The number of nitrogen functional groups attached to an aromatic ring is 1. The Hall–Kier alpha value is -3.77. The number of pyridine rings is 2. The van der Waals surface area contributed by atoms with Crippen molar-refractivity contribution >= 4 is 49.7 Å². The van der Waals surface area contributed by atoms with Gasteiger partial charge < -0.3 is 11.1 Å². The van der Waals surface area contributed by atoms with E-state index in [1.807, 2.05) is 79.7 Å². The van der Waals surface area contributed by atoms with Crippen molar-refractivity contribution in [3.8, 4) is 11.3 Å². The molecule has 146 valence electrons. The van der Waals surface area contributed by atoms with E-state index in [0.29, 0.717) is 10.6 Å². The molecule has 0 saturated heterocycles. The highest BCUT2D eigenvalue weighted by atomic mass is 32.1. The van der Waals surface area contributed by atoms with Crippen LogP contribution in [0.1, 0.15) is 15.4 Å². The molecule has 0 atom stereocenters. The second kappa shape index (κ2) is 7.24. The number of hydrogen-bond donors (Lipinski definition) is 2. The molecule has 1 amide bonds. The highest BCUT2D eigenvalue weighted by Gasteiger charge is 2.19.